The van der Waals surface area contributed by atoms with Gasteiger partial charge in [-0.2, -0.15) is 0 Å². The van der Waals surface area contributed by atoms with Crippen LogP contribution in [0.25, 0.3) is 0 Å². The van der Waals surface area contributed by atoms with Gasteiger partial charge >= 0.3 is 5.97 Å². The Morgan fingerprint density at radius 1 is 1.08 bits per heavy atom. The highest BCUT2D eigenvalue weighted by Gasteiger charge is 2.12. The largest absolute Gasteiger partial charge is 0.455 e. The zero-order valence-corrected chi connectivity index (χ0v) is 14.6. The van der Waals surface area contributed by atoms with Crippen LogP contribution in [0.3, 0.4) is 0 Å². The zero-order chi connectivity index (χ0) is 17.5. The van der Waals surface area contributed by atoms with Crippen LogP contribution in [0.15, 0.2) is 48.5 Å². The van der Waals surface area contributed by atoms with Crippen molar-refractivity contribution in [2.45, 2.75) is 19.4 Å². The molecule has 2 rings (SSSR count). The molecule has 0 aliphatic rings. The van der Waals surface area contributed by atoms with Gasteiger partial charge < -0.3 is 10.1 Å². The van der Waals surface area contributed by atoms with Crippen LogP contribution < -0.4 is 5.32 Å². The molecule has 0 saturated heterocycles. The minimum absolute atomic E-state index is 0.0262. The minimum Gasteiger partial charge on any atom is -0.455 e. The second kappa shape index (κ2) is 8.71. The van der Waals surface area contributed by atoms with Gasteiger partial charge in [-0.05, 0) is 30.2 Å². The van der Waals surface area contributed by atoms with Crippen LogP contribution in [0, 0.1) is 0 Å². The topological polar surface area (TPSA) is 55.4 Å². The second-order valence-electron chi connectivity index (χ2n) is 5.29. The van der Waals surface area contributed by atoms with Crippen molar-refractivity contribution in [1.29, 1.82) is 0 Å². The molecule has 0 bridgehead atoms. The van der Waals surface area contributed by atoms with Gasteiger partial charge in [0.2, 0.25) is 0 Å². The summed E-state index contributed by atoms with van der Waals surface area (Å²) in [6.07, 6.45) is 0.0262. The first kappa shape index (κ1) is 18.3. The number of hydrogen-bond donors (Lipinski definition) is 1. The van der Waals surface area contributed by atoms with Gasteiger partial charge in [-0.1, -0.05) is 59.6 Å². The summed E-state index contributed by atoms with van der Waals surface area (Å²) in [4.78, 5) is 23.6. The number of benzene rings is 2. The number of amides is 1. The molecule has 126 valence electrons. The molecule has 2 aromatic carbocycles. The third-order valence-electron chi connectivity index (χ3n) is 3.37. The molecule has 0 spiro atoms. The number of rotatable bonds is 6. The van der Waals surface area contributed by atoms with E-state index in [9.17, 15) is 9.59 Å². The van der Waals surface area contributed by atoms with Crippen LogP contribution in [-0.2, 0) is 20.7 Å². The fourth-order valence-electron chi connectivity index (χ4n) is 2.12. The maximum atomic E-state index is 11.9. The predicted molar refractivity (Wildman–Crippen MR) is 94.1 cm³/mol. The summed E-state index contributed by atoms with van der Waals surface area (Å²) in [6.45, 7) is 1.54. The standard InChI is InChI=1S/C18H17Cl2NO3/c1-12(14-5-3-2-4-6-14)21-17(22)11-24-18(23)10-13-7-8-15(19)16(20)9-13/h2-9,12H,10-11H2,1H3,(H,21,22)/t12-/m1/s1. The van der Waals surface area contributed by atoms with Crippen LogP contribution >= 0.6 is 23.2 Å². The van der Waals surface area contributed by atoms with E-state index in [4.69, 9.17) is 27.9 Å². The van der Waals surface area contributed by atoms with Crippen molar-refractivity contribution in [3.63, 3.8) is 0 Å². The molecule has 0 aliphatic heterocycles. The molecule has 24 heavy (non-hydrogen) atoms. The highest BCUT2D eigenvalue weighted by molar-refractivity contribution is 6.42. The number of carbonyl (C=O) groups is 2. The number of ether oxygens (including phenoxy) is 1. The summed E-state index contributed by atoms with van der Waals surface area (Å²) in [5, 5.41) is 3.57. The summed E-state index contributed by atoms with van der Waals surface area (Å²) >= 11 is 11.7. The van der Waals surface area contributed by atoms with E-state index in [-0.39, 0.29) is 25.0 Å². The maximum absolute atomic E-state index is 11.9. The summed E-state index contributed by atoms with van der Waals surface area (Å²) in [5.74, 6) is -0.857. The molecular formula is C18H17Cl2NO3. The fraction of sp³-hybridized carbons (Fsp3) is 0.222. The Kier molecular flexibility index (Phi) is 6.64. The van der Waals surface area contributed by atoms with Gasteiger partial charge in [0.25, 0.3) is 5.91 Å². The third kappa shape index (κ3) is 5.55. The average Bonchev–Trinajstić information content (AvgIpc) is 2.57. The Balaban J connectivity index is 1.78. The highest BCUT2D eigenvalue weighted by Crippen LogP contribution is 2.22. The van der Waals surface area contributed by atoms with E-state index in [1.165, 1.54) is 0 Å². The van der Waals surface area contributed by atoms with Gasteiger partial charge in [-0.15, -0.1) is 0 Å². The lowest BCUT2D eigenvalue weighted by atomic mass is 10.1. The molecule has 1 amide bonds. The van der Waals surface area contributed by atoms with Gasteiger partial charge in [-0.3, -0.25) is 9.59 Å². The van der Waals surface area contributed by atoms with Crippen molar-refractivity contribution in [3.05, 3.63) is 69.7 Å². The van der Waals surface area contributed by atoms with Gasteiger partial charge in [0.05, 0.1) is 22.5 Å². The van der Waals surface area contributed by atoms with Crippen LogP contribution in [0.5, 0.6) is 0 Å². The van der Waals surface area contributed by atoms with Gasteiger partial charge in [0.15, 0.2) is 6.61 Å². The number of esters is 1. The van der Waals surface area contributed by atoms with E-state index in [1.54, 1.807) is 18.2 Å². The van der Waals surface area contributed by atoms with Gasteiger partial charge in [0, 0.05) is 0 Å². The maximum Gasteiger partial charge on any atom is 0.310 e. The fourth-order valence-corrected chi connectivity index (χ4v) is 2.44. The van der Waals surface area contributed by atoms with Crippen LogP contribution in [0.2, 0.25) is 10.0 Å². The molecule has 0 radical (unpaired) electrons. The third-order valence-corrected chi connectivity index (χ3v) is 4.11. The molecule has 0 saturated carbocycles. The first-order chi connectivity index (χ1) is 11.5. The van der Waals surface area contributed by atoms with Crippen LogP contribution in [0.4, 0.5) is 0 Å². The van der Waals surface area contributed by atoms with E-state index in [2.05, 4.69) is 5.32 Å². The first-order valence-corrected chi connectivity index (χ1v) is 8.15. The smallest absolute Gasteiger partial charge is 0.310 e. The van der Waals surface area contributed by atoms with E-state index in [1.807, 2.05) is 37.3 Å². The summed E-state index contributed by atoms with van der Waals surface area (Å²) in [6, 6.07) is 14.3. The van der Waals surface area contributed by atoms with Gasteiger partial charge in [0.1, 0.15) is 0 Å². The molecule has 0 aliphatic carbocycles. The molecular weight excluding hydrogens is 349 g/mol. The van der Waals surface area contributed by atoms with Crippen molar-refractivity contribution in [1.82, 2.24) is 5.32 Å². The SMILES string of the molecule is C[C@@H](NC(=O)COC(=O)Cc1ccc(Cl)c(Cl)c1)c1ccccc1. The van der Waals surface area contributed by atoms with Crippen LogP contribution in [0.1, 0.15) is 24.1 Å². The molecule has 1 atom stereocenters. The Morgan fingerprint density at radius 2 is 1.79 bits per heavy atom. The highest BCUT2D eigenvalue weighted by atomic mass is 35.5. The zero-order valence-electron chi connectivity index (χ0n) is 13.1. The lowest BCUT2D eigenvalue weighted by Gasteiger charge is -2.14. The molecule has 6 heteroatoms. The molecule has 0 aromatic heterocycles. The van der Waals surface area contributed by atoms with Crippen molar-refractivity contribution >= 4 is 35.1 Å². The molecule has 0 heterocycles. The molecule has 2 aromatic rings. The molecule has 4 nitrogen and oxygen atoms in total. The summed E-state index contributed by atoms with van der Waals surface area (Å²) in [5.41, 5.74) is 1.65. The van der Waals surface area contributed by atoms with Crippen LogP contribution in [-0.4, -0.2) is 18.5 Å². The predicted octanol–water partition coefficient (Wildman–Crippen LogP) is 3.96. The van der Waals surface area contributed by atoms with Crippen molar-refractivity contribution in [2.75, 3.05) is 6.61 Å². The molecule has 1 N–H and O–H groups in total. The van der Waals surface area contributed by atoms with E-state index in [0.717, 1.165) is 5.56 Å². The van der Waals surface area contributed by atoms with Crippen molar-refractivity contribution in [2.24, 2.45) is 0 Å². The Labute approximate surface area is 150 Å². The number of hydrogen-bond acceptors (Lipinski definition) is 3. The lowest BCUT2D eigenvalue weighted by molar-refractivity contribution is -0.148. The number of halogens is 2. The normalized spacial score (nSPS) is 11.6. The summed E-state index contributed by atoms with van der Waals surface area (Å²) in [7, 11) is 0. The van der Waals surface area contributed by atoms with E-state index in [0.29, 0.717) is 15.6 Å². The lowest BCUT2D eigenvalue weighted by Crippen LogP contribution is -2.31. The monoisotopic (exact) mass is 365 g/mol. The average molecular weight is 366 g/mol. The Bertz CT molecular complexity index is 719. The molecule has 0 unspecified atom stereocenters. The van der Waals surface area contributed by atoms with E-state index < -0.39 is 5.97 Å². The minimum atomic E-state index is -0.504. The van der Waals surface area contributed by atoms with Crippen molar-refractivity contribution in [3.8, 4) is 0 Å². The van der Waals surface area contributed by atoms with E-state index >= 15 is 0 Å². The number of nitrogens with one attached hydrogen (secondary N) is 1. The second-order valence-corrected chi connectivity index (χ2v) is 6.10. The summed E-state index contributed by atoms with van der Waals surface area (Å²) < 4.78 is 4.99. The van der Waals surface area contributed by atoms with Crippen molar-refractivity contribution < 1.29 is 14.3 Å². The molecule has 0 fully saturated rings. The quantitative estimate of drug-likeness (QED) is 0.788. The Hall–Kier alpha value is -2.04. The van der Waals surface area contributed by atoms with Gasteiger partial charge in [-0.25, -0.2) is 0 Å². The first-order valence-electron chi connectivity index (χ1n) is 7.39. The number of carbonyl (C=O) groups excluding carboxylic acids is 2. The Morgan fingerprint density at radius 3 is 2.46 bits per heavy atom.